The van der Waals surface area contributed by atoms with E-state index >= 15 is 0 Å². The number of aliphatic carboxylic acids is 1. The molecule has 5 atom stereocenters. The second-order valence-electron chi connectivity index (χ2n) is 25.4. The number of benzene rings is 4. The Kier molecular flexibility index (Phi) is 24.3. The van der Waals surface area contributed by atoms with E-state index in [1.165, 1.54) is 11.8 Å². The first kappa shape index (κ1) is 70.6. The Morgan fingerprint density at radius 2 is 1.42 bits per heavy atom. The van der Waals surface area contributed by atoms with Crippen molar-refractivity contribution in [1.82, 2.24) is 41.4 Å². The summed E-state index contributed by atoms with van der Waals surface area (Å²) in [6, 6.07) is 22.0. The normalized spacial score (nSPS) is 13.9. The van der Waals surface area contributed by atoms with Gasteiger partial charge >= 0.3 is 18.1 Å². The first-order chi connectivity index (χ1) is 42.9. The number of carboxylic acids is 1. The van der Waals surface area contributed by atoms with E-state index in [1.807, 2.05) is 133 Å². The lowest BCUT2D eigenvalue weighted by Gasteiger charge is -2.39. The third-order valence-electron chi connectivity index (χ3n) is 16.3. The average Bonchev–Trinajstić information content (AvgIpc) is 1.66. The minimum atomic E-state index is -1.12. The number of anilines is 2. The minimum Gasteiger partial charge on any atom is -0.478 e. The third kappa shape index (κ3) is 18.8. The zero-order valence-corrected chi connectivity index (χ0v) is 54.5. The molecule has 0 spiro atoms. The molecule has 10 N–H and O–H groups in total. The number of carboxylic acid groups (broad SMARTS) is 1. The van der Waals surface area contributed by atoms with Gasteiger partial charge in [0.05, 0.1) is 24.3 Å². The lowest BCUT2D eigenvalue weighted by molar-refractivity contribution is -0.141. The number of aromatic nitrogens is 1. The van der Waals surface area contributed by atoms with Gasteiger partial charge in [0.1, 0.15) is 24.7 Å². The highest BCUT2D eigenvalue weighted by atomic mass is 16.5. The van der Waals surface area contributed by atoms with E-state index in [1.54, 1.807) is 63.2 Å². The van der Waals surface area contributed by atoms with Crippen LogP contribution in [0.5, 0.6) is 0 Å². The van der Waals surface area contributed by atoms with Gasteiger partial charge in [0.15, 0.2) is 0 Å². The summed E-state index contributed by atoms with van der Waals surface area (Å²) < 4.78 is 7.54. The molecule has 5 aromatic rings. The zero-order valence-electron chi connectivity index (χ0n) is 54.5. The molecule has 1 aromatic heterocycles. The number of primary amides is 1. The number of nitrogens with two attached hydrogens (primary N) is 1. The number of hydrogen-bond donors (Lipinski definition) is 9. The highest BCUT2D eigenvalue weighted by Gasteiger charge is 2.43. The highest BCUT2D eigenvalue weighted by Crippen LogP contribution is 2.36. The number of ether oxygens (including phenoxy) is 1. The van der Waals surface area contributed by atoms with Crippen molar-refractivity contribution in [2.75, 3.05) is 30.9 Å². The number of carbonyl (C=O) groups is 9. The molecule has 0 aliphatic carbocycles. The summed E-state index contributed by atoms with van der Waals surface area (Å²) in [6.45, 7) is 18.6. The van der Waals surface area contributed by atoms with Crippen LogP contribution in [0, 0.1) is 29.1 Å². The number of aryl methyl sites for hydroxylation is 1. The minimum absolute atomic E-state index is 0.0880. The third-order valence-corrected chi connectivity index (χ3v) is 16.3. The van der Waals surface area contributed by atoms with Crippen LogP contribution >= 0.6 is 0 Å². The van der Waals surface area contributed by atoms with E-state index in [0.717, 1.165) is 33.2 Å². The Morgan fingerprint density at radius 1 is 0.769 bits per heavy atom. The van der Waals surface area contributed by atoms with Crippen LogP contribution in [0.3, 0.4) is 0 Å². The summed E-state index contributed by atoms with van der Waals surface area (Å²) >= 11 is 0. The van der Waals surface area contributed by atoms with Gasteiger partial charge in [0.2, 0.25) is 35.4 Å². The van der Waals surface area contributed by atoms with Crippen LogP contribution in [0.1, 0.15) is 128 Å². The molecule has 4 aromatic carbocycles. The lowest BCUT2D eigenvalue weighted by Crippen LogP contribution is -2.61. The zero-order chi connectivity index (χ0) is 67.1. The number of nitrogens with zero attached hydrogens (tertiary/aromatic N) is 3. The fraction of sp³-hybridized carbons (Fsp3) is 0.435. The number of rotatable bonds is 27. The molecule has 0 radical (unpaired) electrons. The Hall–Kier alpha value is -9.49. The van der Waals surface area contributed by atoms with Crippen molar-refractivity contribution in [3.63, 3.8) is 0 Å². The smallest absolute Gasteiger partial charge is 0.407 e. The number of fused-ring (bicyclic) bond motifs is 3. The van der Waals surface area contributed by atoms with Gasteiger partial charge in [-0.2, -0.15) is 0 Å². The van der Waals surface area contributed by atoms with Crippen molar-refractivity contribution < 1.29 is 53.0 Å². The molecular formula is C69H89N11O11. The van der Waals surface area contributed by atoms with Gasteiger partial charge in [-0.15, -0.1) is 0 Å². The molecule has 22 nitrogen and oxygen atoms in total. The Bertz CT molecular complexity index is 3590. The average molecular weight is 1250 g/mol. The van der Waals surface area contributed by atoms with Gasteiger partial charge in [-0.1, -0.05) is 129 Å². The van der Waals surface area contributed by atoms with Crippen LogP contribution in [0.15, 0.2) is 109 Å². The Balaban J connectivity index is 1.05. The van der Waals surface area contributed by atoms with Crippen molar-refractivity contribution in [3.8, 4) is 11.8 Å². The maximum absolute atomic E-state index is 14.5. The van der Waals surface area contributed by atoms with Crippen LogP contribution in [-0.2, 0) is 70.5 Å². The second kappa shape index (κ2) is 31.3. The van der Waals surface area contributed by atoms with E-state index in [4.69, 9.17) is 10.5 Å². The molecule has 0 saturated carbocycles. The fourth-order valence-electron chi connectivity index (χ4n) is 11.0. The molecule has 22 heteroatoms. The van der Waals surface area contributed by atoms with E-state index in [-0.39, 0.29) is 75.2 Å². The number of hydrogen-bond acceptors (Lipinski definition) is 11. The van der Waals surface area contributed by atoms with Gasteiger partial charge in [0.25, 0.3) is 0 Å². The number of likely N-dealkylation sites (N-methyl/N-ethyl adjacent to an activating group) is 2. The van der Waals surface area contributed by atoms with Gasteiger partial charge in [-0.05, 0) is 109 Å². The molecule has 2 heterocycles. The van der Waals surface area contributed by atoms with Crippen LogP contribution in [0.25, 0.3) is 10.9 Å². The number of carbonyl (C=O) groups excluding carboxylic acids is 8. The topological polar surface area (TPSA) is 305 Å². The second-order valence-corrected chi connectivity index (χ2v) is 25.4. The van der Waals surface area contributed by atoms with Crippen LogP contribution in [0.4, 0.5) is 21.0 Å². The van der Waals surface area contributed by atoms with Crippen LogP contribution in [0.2, 0.25) is 0 Å². The summed E-state index contributed by atoms with van der Waals surface area (Å²) in [5.74, 6) is 1.95. The van der Waals surface area contributed by atoms with Gasteiger partial charge in [0, 0.05) is 84.9 Å². The maximum atomic E-state index is 14.5. The number of para-hydroxylation sites is 1. The number of alkyl carbamates (subject to hydrolysis) is 1. The monoisotopic (exact) mass is 1250 g/mol. The maximum Gasteiger partial charge on any atom is 0.407 e. The highest BCUT2D eigenvalue weighted by molar-refractivity contribution is 6.00. The molecule has 1 aliphatic rings. The van der Waals surface area contributed by atoms with Crippen molar-refractivity contribution >= 4 is 75.8 Å². The Morgan fingerprint density at radius 3 is 2.05 bits per heavy atom. The summed E-state index contributed by atoms with van der Waals surface area (Å²) in [5.41, 5.74) is 10.2. The summed E-state index contributed by atoms with van der Waals surface area (Å²) in [5, 5.41) is 30.4. The molecule has 91 heavy (non-hydrogen) atoms. The van der Waals surface area contributed by atoms with E-state index in [0.29, 0.717) is 22.5 Å². The van der Waals surface area contributed by atoms with Crippen LogP contribution < -0.4 is 47.9 Å². The first-order valence-corrected chi connectivity index (χ1v) is 30.6. The molecule has 6 rings (SSSR count). The Labute approximate surface area is 533 Å². The predicted octanol–water partition coefficient (Wildman–Crippen LogP) is 7.25. The molecule has 0 unspecified atom stereocenters. The molecule has 9 amide bonds. The molecule has 1 aliphatic heterocycles. The summed E-state index contributed by atoms with van der Waals surface area (Å²) in [7, 11) is 5.21. The summed E-state index contributed by atoms with van der Waals surface area (Å²) in [6.07, 6.45) is 2.82. The quantitative estimate of drug-likeness (QED) is 0.0143. The molecular weight excluding hydrogens is 1160 g/mol. The van der Waals surface area contributed by atoms with Crippen molar-refractivity contribution in [2.24, 2.45) is 30.0 Å². The van der Waals surface area contributed by atoms with Crippen LogP contribution in [-0.4, -0.2) is 119 Å². The van der Waals surface area contributed by atoms with Crippen molar-refractivity contribution in [1.29, 1.82) is 0 Å². The van der Waals surface area contributed by atoms with Gasteiger partial charge in [-0.3, -0.25) is 28.8 Å². The number of nitrogens with one attached hydrogen (secondary N) is 7. The molecule has 486 valence electrons. The van der Waals surface area contributed by atoms with E-state index < -0.39 is 88.7 Å². The first-order valence-electron chi connectivity index (χ1n) is 30.6. The molecule has 0 fully saturated rings. The fourth-order valence-corrected chi connectivity index (χ4v) is 11.0. The SMILES string of the molecule is CN[C@@H](C(=O)N[C@H](C(=O)N(C)[C@H](/C=C(\C)C(=O)O)C(C)C)C(C)(C)C)C(C)(C)c1cn(C)c2ccc(CNC(=O)OCc3ccc(NC(=O)[C@H](CCCNC(N)=O)NC(=O)[C@@H](NC(=O)CCC(=O)N4Cc5ccccc5C#Cc5ccccc54)C(C)C)cc3)cc12. The van der Waals surface area contributed by atoms with E-state index in [2.05, 4.69) is 49.1 Å². The molecule has 0 bridgehead atoms. The summed E-state index contributed by atoms with van der Waals surface area (Å²) in [4.78, 5) is 123. The number of urea groups is 1. The van der Waals surface area contributed by atoms with Crippen molar-refractivity contribution in [3.05, 3.63) is 142 Å². The van der Waals surface area contributed by atoms with Gasteiger partial charge in [-0.25, -0.2) is 14.4 Å². The lowest BCUT2D eigenvalue weighted by atomic mass is 9.76. The van der Waals surface area contributed by atoms with Gasteiger partial charge < -0.3 is 67.2 Å². The predicted molar refractivity (Wildman–Crippen MR) is 350 cm³/mol. The molecule has 0 saturated heterocycles. The number of amides is 9. The van der Waals surface area contributed by atoms with E-state index in [9.17, 15) is 48.3 Å². The standard InChI is InChI=1S/C69H89N11O11/c1-41(2)55(35-43(5)65(87)88)79(13)64(86)60(68(6,7)8)77-63(85)59(71-11)69(9,10)51-39-78(12)54-31-26-45(36-50(51)54)37-73-67(90)91-40-44-24-29-49(30-25-44)74-61(83)52(22-18-34-72-66(70)89)75-62(84)58(42(3)4)76-56(81)32-33-57(82)80-38-48-21-15-14-19-46(48)27-28-47-20-16-17-23-53(47)80/h14-17,19-21,23-26,29-31,35-36,39,41-42,52,55,58-60,71H,18,22,32-34,37-38,40H2,1-13H3,(H,73,90)(H,74,83)(H,75,84)(H,76,81)(H,77,85)(H,87,88)(H3,70,72,89)/b43-35+/t52-,55+,58-,59-,60+/m0/s1. The largest absolute Gasteiger partial charge is 0.478 e. The van der Waals surface area contributed by atoms with Crippen molar-refractivity contribution in [2.45, 2.75) is 150 Å².